The largest absolute Gasteiger partial charge is 0.480 e. The van der Waals surface area contributed by atoms with Gasteiger partial charge in [-0.1, -0.05) is 6.07 Å². The Hall–Kier alpha value is -1.01. The Labute approximate surface area is 101 Å². The van der Waals surface area contributed by atoms with Crippen molar-refractivity contribution in [1.82, 2.24) is 4.90 Å². The third-order valence-electron chi connectivity index (χ3n) is 2.34. The molecule has 1 amide bonds. The van der Waals surface area contributed by atoms with Crippen LogP contribution < -0.4 is 0 Å². The van der Waals surface area contributed by atoms with Gasteiger partial charge in [-0.15, -0.1) is 23.1 Å². The standard InChI is InChI=1S/C10H11NO3S2/c1-6-9(14)11(5-8(12)13)10(16-6)7-3-2-4-15-7/h2-4,6,10H,5H2,1H3,(H,12,13)/t6-,10-/m0/s1. The maximum Gasteiger partial charge on any atom is 0.323 e. The maximum atomic E-state index is 11.8. The number of carbonyl (C=O) groups excluding carboxylic acids is 1. The number of amides is 1. The van der Waals surface area contributed by atoms with Crippen LogP contribution >= 0.6 is 23.1 Å². The topological polar surface area (TPSA) is 57.6 Å². The second-order valence-electron chi connectivity index (χ2n) is 3.51. The molecule has 0 unspecified atom stereocenters. The molecule has 2 heterocycles. The number of hydrogen-bond acceptors (Lipinski definition) is 4. The molecule has 0 radical (unpaired) electrons. The fraction of sp³-hybridized carbons (Fsp3) is 0.400. The van der Waals surface area contributed by atoms with E-state index in [9.17, 15) is 9.59 Å². The first-order chi connectivity index (χ1) is 7.59. The molecule has 2 rings (SSSR count). The molecule has 6 heteroatoms. The third kappa shape index (κ3) is 2.08. The van der Waals surface area contributed by atoms with Gasteiger partial charge in [0, 0.05) is 4.88 Å². The van der Waals surface area contributed by atoms with E-state index in [0.717, 1.165) is 4.88 Å². The summed E-state index contributed by atoms with van der Waals surface area (Å²) in [6.07, 6.45) is 0. The molecule has 4 nitrogen and oxygen atoms in total. The minimum Gasteiger partial charge on any atom is -0.480 e. The number of aliphatic carboxylic acids is 1. The van der Waals surface area contributed by atoms with Crippen molar-refractivity contribution in [2.24, 2.45) is 0 Å². The average molecular weight is 257 g/mol. The summed E-state index contributed by atoms with van der Waals surface area (Å²) in [6, 6.07) is 3.84. The van der Waals surface area contributed by atoms with E-state index in [1.54, 1.807) is 11.3 Å². The molecule has 0 aliphatic carbocycles. The molecule has 1 aliphatic rings. The highest BCUT2D eigenvalue weighted by molar-refractivity contribution is 8.01. The van der Waals surface area contributed by atoms with Crippen molar-refractivity contribution in [2.75, 3.05) is 6.54 Å². The number of thioether (sulfide) groups is 1. The Kier molecular flexibility index (Phi) is 3.20. The predicted octanol–water partition coefficient (Wildman–Crippen LogP) is 1.80. The Bertz CT molecular complexity index is 404. The molecule has 86 valence electrons. The van der Waals surface area contributed by atoms with Crippen LogP contribution in [0.15, 0.2) is 17.5 Å². The number of carbonyl (C=O) groups is 2. The molecular formula is C10H11NO3S2. The normalized spacial score (nSPS) is 25.1. The second-order valence-corrected chi connectivity index (χ2v) is 5.91. The van der Waals surface area contributed by atoms with Crippen molar-refractivity contribution in [3.63, 3.8) is 0 Å². The fourth-order valence-corrected chi connectivity index (χ4v) is 3.86. The summed E-state index contributed by atoms with van der Waals surface area (Å²) in [6.45, 7) is 1.59. The quantitative estimate of drug-likeness (QED) is 0.897. The molecule has 1 aromatic rings. The highest BCUT2D eigenvalue weighted by Gasteiger charge is 2.39. The summed E-state index contributed by atoms with van der Waals surface area (Å²) in [5.41, 5.74) is 0. The number of carboxylic acid groups (broad SMARTS) is 1. The van der Waals surface area contributed by atoms with Gasteiger partial charge in [-0.2, -0.15) is 0 Å². The zero-order valence-corrected chi connectivity index (χ0v) is 10.3. The number of rotatable bonds is 3. The molecule has 1 saturated heterocycles. The van der Waals surface area contributed by atoms with Crippen molar-refractivity contribution in [3.05, 3.63) is 22.4 Å². The van der Waals surface area contributed by atoms with Gasteiger partial charge in [0.15, 0.2) is 0 Å². The Morgan fingerprint density at radius 1 is 1.62 bits per heavy atom. The van der Waals surface area contributed by atoms with E-state index >= 15 is 0 Å². The summed E-state index contributed by atoms with van der Waals surface area (Å²) in [7, 11) is 0. The van der Waals surface area contributed by atoms with Crippen molar-refractivity contribution in [1.29, 1.82) is 0 Å². The number of nitrogens with zero attached hydrogens (tertiary/aromatic N) is 1. The lowest BCUT2D eigenvalue weighted by atomic mass is 10.3. The molecule has 0 aromatic carbocycles. The average Bonchev–Trinajstić information content (AvgIpc) is 2.81. The van der Waals surface area contributed by atoms with Crippen LogP contribution in [0, 0.1) is 0 Å². The van der Waals surface area contributed by atoms with Gasteiger partial charge in [-0.05, 0) is 18.4 Å². The first-order valence-electron chi connectivity index (χ1n) is 4.80. The van der Waals surface area contributed by atoms with Gasteiger partial charge in [0.1, 0.15) is 11.9 Å². The first kappa shape index (κ1) is 11.5. The second kappa shape index (κ2) is 4.47. The lowest BCUT2D eigenvalue weighted by Gasteiger charge is -2.20. The van der Waals surface area contributed by atoms with E-state index in [1.807, 2.05) is 24.4 Å². The summed E-state index contributed by atoms with van der Waals surface area (Å²) >= 11 is 3.05. The van der Waals surface area contributed by atoms with E-state index in [1.165, 1.54) is 16.7 Å². The molecule has 1 N–H and O–H groups in total. The monoisotopic (exact) mass is 257 g/mol. The summed E-state index contributed by atoms with van der Waals surface area (Å²) in [4.78, 5) is 25.0. The Balaban J connectivity index is 2.23. The molecule has 0 saturated carbocycles. The minimum atomic E-state index is -0.968. The number of carboxylic acids is 1. The predicted molar refractivity (Wildman–Crippen MR) is 63.5 cm³/mol. The molecular weight excluding hydrogens is 246 g/mol. The fourth-order valence-electron chi connectivity index (χ4n) is 1.63. The van der Waals surface area contributed by atoms with Crippen LogP contribution in [0.5, 0.6) is 0 Å². The lowest BCUT2D eigenvalue weighted by molar-refractivity contribution is -0.144. The van der Waals surface area contributed by atoms with Crippen molar-refractivity contribution in [2.45, 2.75) is 17.5 Å². The SMILES string of the molecule is C[C@@H]1S[C@@H](c2cccs2)N(CC(=O)O)C1=O. The maximum absolute atomic E-state index is 11.8. The van der Waals surface area contributed by atoms with Gasteiger partial charge in [-0.3, -0.25) is 9.59 Å². The van der Waals surface area contributed by atoms with E-state index in [0.29, 0.717) is 0 Å². The van der Waals surface area contributed by atoms with E-state index in [-0.39, 0.29) is 23.1 Å². The van der Waals surface area contributed by atoms with Gasteiger partial charge >= 0.3 is 5.97 Å². The number of thiophene rings is 1. The molecule has 1 fully saturated rings. The van der Waals surface area contributed by atoms with Crippen LogP contribution in [0.3, 0.4) is 0 Å². The van der Waals surface area contributed by atoms with Crippen molar-refractivity contribution in [3.8, 4) is 0 Å². The lowest BCUT2D eigenvalue weighted by Crippen LogP contribution is -2.34. The Morgan fingerprint density at radius 3 is 2.94 bits per heavy atom. The van der Waals surface area contributed by atoms with Crippen LogP contribution in [-0.2, 0) is 9.59 Å². The Morgan fingerprint density at radius 2 is 2.38 bits per heavy atom. The van der Waals surface area contributed by atoms with Gasteiger partial charge < -0.3 is 10.0 Å². The highest BCUT2D eigenvalue weighted by Crippen LogP contribution is 2.44. The van der Waals surface area contributed by atoms with Crippen LogP contribution in [0.4, 0.5) is 0 Å². The van der Waals surface area contributed by atoms with Gasteiger partial charge in [0.25, 0.3) is 0 Å². The van der Waals surface area contributed by atoms with Gasteiger partial charge in [-0.25, -0.2) is 0 Å². The van der Waals surface area contributed by atoms with E-state index in [4.69, 9.17) is 5.11 Å². The zero-order chi connectivity index (χ0) is 11.7. The molecule has 16 heavy (non-hydrogen) atoms. The molecule has 0 spiro atoms. The summed E-state index contributed by atoms with van der Waals surface area (Å²) < 4.78 is 0. The van der Waals surface area contributed by atoms with Crippen LogP contribution in [0.1, 0.15) is 17.2 Å². The van der Waals surface area contributed by atoms with Gasteiger partial charge in [0.05, 0.1) is 5.25 Å². The van der Waals surface area contributed by atoms with E-state index < -0.39 is 5.97 Å². The highest BCUT2D eigenvalue weighted by atomic mass is 32.2. The van der Waals surface area contributed by atoms with Gasteiger partial charge in [0.2, 0.25) is 5.91 Å². The number of hydrogen-bond donors (Lipinski definition) is 1. The van der Waals surface area contributed by atoms with Crippen LogP contribution in [0.25, 0.3) is 0 Å². The van der Waals surface area contributed by atoms with Crippen LogP contribution in [-0.4, -0.2) is 33.7 Å². The zero-order valence-electron chi connectivity index (χ0n) is 8.62. The first-order valence-corrected chi connectivity index (χ1v) is 6.63. The van der Waals surface area contributed by atoms with E-state index in [2.05, 4.69) is 0 Å². The smallest absolute Gasteiger partial charge is 0.323 e. The van der Waals surface area contributed by atoms with Crippen LogP contribution in [0.2, 0.25) is 0 Å². The minimum absolute atomic E-state index is 0.0919. The summed E-state index contributed by atoms with van der Waals surface area (Å²) in [5.74, 6) is -1.06. The van der Waals surface area contributed by atoms with Crippen molar-refractivity contribution >= 4 is 35.0 Å². The molecule has 1 aliphatic heterocycles. The molecule has 0 bridgehead atoms. The third-order valence-corrected chi connectivity index (χ3v) is 4.79. The molecule has 1 aromatic heterocycles. The van der Waals surface area contributed by atoms with Crippen molar-refractivity contribution < 1.29 is 14.7 Å². The summed E-state index contributed by atoms with van der Waals surface area (Å²) in [5, 5.41) is 10.4. The molecule has 2 atom stereocenters.